The minimum atomic E-state index is 0.343. The smallest absolute Gasteiger partial charge is 0.161 e. The first kappa shape index (κ1) is 13.7. The van der Waals surface area contributed by atoms with Gasteiger partial charge in [0.2, 0.25) is 0 Å². The second-order valence-electron chi connectivity index (χ2n) is 5.46. The van der Waals surface area contributed by atoms with Gasteiger partial charge in [-0.1, -0.05) is 6.07 Å². The average molecular weight is 277 g/mol. The molecule has 4 heteroatoms. The largest absolute Gasteiger partial charge is 0.486 e. The molecule has 2 atom stereocenters. The summed E-state index contributed by atoms with van der Waals surface area (Å²) in [6, 6.07) is 6.59. The third-order valence-electron chi connectivity index (χ3n) is 4.12. The van der Waals surface area contributed by atoms with Gasteiger partial charge in [-0.15, -0.1) is 0 Å². The van der Waals surface area contributed by atoms with Gasteiger partial charge in [-0.3, -0.25) is 0 Å². The lowest BCUT2D eigenvalue weighted by Crippen LogP contribution is -2.20. The molecular formula is C16H23NO3. The van der Waals surface area contributed by atoms with Gasteiger partial charge in [-0.05, 0) is 50.4 Å². The molecule has 20 heavy (non-hydrogen) atoms. The van der Waals surface area contributed by atoms with Gasteiger partial charge in [0.1, 0.15) is 13.2 Å². The van der Waals surface area contributed by atoms with Crippen molar-refractivity contribution in [3.63, 3.8) is 0 Å². The maximum Gasteiger partial charge on any atom is 0.161 e. The van der Waals surface area contributed by atoms with Crippen LogP contribution in [-0.2, 0) is 4.74 Å². The van der Waals surface area contributed by atoms with Crippen LogP contribution in [-0.4, -0.2) is 33.0 Å². The summed E-state index contributed by atoms with van der Waals surface area (Å²) in [6.07, 6.45) is 5.06. The standard InChI is InChI=1S/C16H23NO3/c1-17-14(6-5-13-3-2-8-18-13)12-4-7-15-16(11-12)20-10-9-19-15/h4,7,11,13-14,17H,2-3,5-6,8-10H2,1H3. The summed E-state index contributed by atoms with van der Waals surface area (Å²) in [4.78, 5) is 0. The molecule has 1 aromatic carbocycles. The zero-order chi connectivity index (χ0) is 13.8. The molecule has 1 aromatic rings. The van der Waals surface area contributed by atoms with Gasteiger partial charge in [-0.25, -0.2) is 0 Å². The van der Waals surface area contributed by atoms with E-state index in [-0.39, 0.29) is 0 Å². The number of hydrogen-bond donors (Lipinski definition) is 1. The van der Waals surface area contributed by atoms with Crippen molar-refractivity contribution in [1.29, 1.82) is 0 Å². The molecule has 1 saturated heterocycles. The summed E-state index contributed by atoms with van der Waals surface area (Å²) in [5, 5.41) is 3.40. The van der Waals surface area contributed by atoms with E-state index in [2.05, 4.69) is 17.4 Å². The number of nitrogens with one attached hydrogen (secondary N) is 1. The van der Waals surface area contributed by atoms with Gasteiger partial charge in [0.15, 0.2) is 11.5 Å². The Bertz CT molecular complexity index is 443. The normalized spacial score (nSPS) is 22.8. The second-order valence-corrected chi connectivity index (χ2v) is 5.46. The minimum absolute atomic E-state index is 0.343. The first-order valence-electron chi connectivity index (χ1n) is 7.55. The Labute approximate surface area is 120 Å². The van der Waals surface area contributed by atoms with Crippen LogP contribution in [0.1, 0.15) is 37.3 Å². The molecule has 2 heterocycles. The van der Waals surface area contributed by atoms with Crippen molar-refractivity contribution >= 4 is 0 Å². The van der Waals surface area contributed by atoms with Crippen LogP contribution < -0.4 is 14.8 Å². The van der Waals surface area contributed by atoms with Crippen LogP contribution >= 0.6 is 0 Å². The summed E-state index contributed by atoms with van der Waals surface area (Å²) in [5.74, 6) is 1.72. The third-order valence-corrected chi connectivity index (χ3v) is 4.12. The zero-order valence-corrected chi connectivity index (χ0v) is 12.1. The molecule has 0 aromatic heterocycles. The molecule has 0 amide bonds. The van der Waals surface area contributed by atoms with E-state index >= 15 is 0 Å². The highest BCUT2D eigenvalue weighted by Gasteiger charge is 2.20. The summed E-state index contributed by atoms with van der Waals surface area (Å²) >= 11 is 0. The highest BCUT2D eigenvalue weighted by atomic mass is 16.6. The molecule has 1 N–H and O–H groups in total. The molecule has 110 valence electrons. The first-order chi connectivity index (χ1) is 9.86. The molecule has 2 aliphatic rings. The average Bonchev–Trinajstić information content (AvgIpc) is 3.01. The SMILES string of the molecule is CNC(CCC1CCCO1)c1ccc2c(c1)OCCO2. The monoisotopic (exact) mass is 277 g/mol. The topological polar surface area (TPSA) is 39.7 Å². The molecule has 2 unspecified atom stereocenters. The molecule has 0 spiro atoms. The minimum Gasteiger partial charge on any atom is -0.486 e. The van der Waals surface area contributed by atoms with E-state index in [1.165, 1.54) is 18.4 Å². The van der Waals surface area contributed by atoms with Gasteiger partial charge in [-0.2, -0.15) is 0 Å². The number of ether oxygens (including phenoxy) is 3. The molecule has 4 nitrogen and oxygen atoms in total. The van der Waals surface area contributed by atoms with Crippen molar-refractivity contribution in [3.05, 3.63) is 23.8 Å². The lowest BCUT2D eigenvalue weighted by atomic mass is 9.99. The third kappa shape index (κ3) is 3.07. The van der Waals surface area contributed by atoms with Gasteiger partial charge < -0.3 is 19.5 Å². The molecule has 0 bridgehead atoms. The maximum atomic E-state index is 5.70. The summed E-state index contributed by atoms with van der Waals surface area (Å²) in [7, 11) is 2.01. The van der Waals surface area contributed by atoms with Crippen LogP contribution in [0, 0.1) is 0 Å². The molecule has 1 fully saturated rings. The predicted octanol–water partition coefficient (Wildman–Crippen LogP) is 2.68. The zero-order valence-electron chi connectivity index (χ0n) is 12.1. The second kappa shape index (κ2) is 6.46. The van der Waals surface area contributed by atoms with Gasteiger partial charge >= 0.3 is 0 Å². The Morgan fingerprint density at radius 1 is 1.20 bits per heavy atom. The summed E-state index contributed by atoms with van der Waals surface area (Å²) in [5.41, 5.74) is 1.26. The molecule has 3 rings (SSSR count). The number of hydrogen-bond acceptors (Lipinski definition) is 4. The van der Waals surface area contributed by atoms with Crippen molar-refractivity contribution in [2.24, 2.45) is 0 Å². The summed E-state index contributed by atoms with van der Waals surface area (Å²) < 4.78 is 16.9. The van der Waals surface area contributed by atoms with E-state index in [4.69, 9.17) is 14.2 Å². The molecule has 2 aliphatic heterocycles. The predicted molar refractivity (Wildman–Crippen MR) is 77.4 cm³/mol. The van der Waals surface area contributed by atoms with Crippen LogP contribution in [0.2, 0.25) is 0 Å². The van der Waals surface area contributed by atoms with Crippen LogP contribution in [0.25, 0.3) is 0 Å². The quantitative estimate of drug-likeness (QED) is 0.898. The van der Waals surface area contributed by atoms with Gasteiger partial charge in [0, 0.05) is 12.6 Å². The van der Waals surface area contributed by atoms with E-state index in [9.17, 15) is 0 Å². The van der Waals surface area contributed by atoms with Crippen LogP contribution in [0.15, 0.2) is 18.2 Å². The first-order valence-corrected chi connectivity index (χ1v) is 7.55. The maximum absolute atomic E-state index is 5.70. The Morgan fingerprint density at radius 2 is 2.05 bits per heavy atom. The Balaban J connectivity index is 1.65. The number of rotatable bonds is 5. The fourth-order valence-electron chi connectivity index (χ4n) is 2.98. The molecule has 0 aliphatic carbocycles. The lowest BCUT2D eigenvalue weighted by molar-refractivity contribution is 0.0998. The number of fused-ring (bicyclic) bond motifs is 1. The van der Waals surface area contributed by atoms with Crippen molar-refractivity contribution in [1.82, 2.24) is 5.32 Å². The van der Waals surface area contributed by atoms with Crippen molar-refractivity contribution < 1.29 is 14.2 Å². The molecular weight excluding hydrogens is 254 g/mol. The van der Waals surface area contributed by atoms with Crippen LogP contribution in [0.3, 0.4) is 0 Å². The van der Waals surface area contributed by atoms with Crippen LogP contribution in [0.4, 0.5) is 0 Å². The van der Waals surface area contributed by atoms with Crippen molar-refractivity contribution in [2.45, 2.75) is 37.8 Å². The van der Waals surface area contributed by atoms with E-state index in [1.807, 2.05) is 13.1 Å². The number of benzene rings is 1. The van der Waals surface area contributed by atoms with Gasteiger partial charge in [0.05, 0.1) is 6.10 Å². The highest BCUT2D eigenvalue weighted by molar-refractivity contribution is 5.44. The van der Waals surface area contributed by atoms with E-state index in [0.717, 1.165) is 30.9 Å². The van der Waals surface area contributed by atoms with E-state index in [1.54, 1.807) is 0 Å². The fourth-order valence-corrected chi connectivity index (χ4v) is 2.98. The summed E-state index contributed by atoms with van der Waals surface area (Å²) in [6.45, 7) is 2.20. The van der Waals surface area contributed by atoms with Crippen LogP contribution in [0.5, 0.6) is 11.5 Å². The fraction of sp³-hybridized carbons (Fsp3) is 0.625. The molecule has 0 saturated carbocycles. The Hall–Kier alpha value is -1.26. The Morgan fingerprint density at radius 3 is 2.80 bits per heavy atom. The van der Waals surface area contributed by atoms with Crippen molar-refractivity contribution in [3.8, 4) is 11.5 Å². The van der Waals surface area contributed by atoms with E-state index < -0.39 is 0 Å². The van der Waals surface area contributed by atoms with E-state index in [0.29, 0.717) is 25.4 Å². The van der Waals surface area contributed by atoms with Crippen molar-refractivity contribution in [2.75, 3.05) is 26.9 Å². The molecule has 0 radical (unpaired) electrons. The highest BCUT2D eigenvalue weighted by Crippen LogP contribution is 2.34. The van der Waals surface area contributed by atoms with Gasteiger partial charge in [0.25, 0.3) is 0 Å². The lowest BCUT2D eigenvalue weighted by Gasteiger charge is -2.22. The Kier molecular flexibility index (Phi) is 4.43.